The Morgan fingerprint density at radius 1 is 1.26 bits per heavy atom. The van der Waals surface area contributed by atoms with Gasteiger partial charge < -0.3 is 4.90 Å². The normalized spacial score (nSPS) is 23.7. The number of hydrogen-bond acceptors (Lipinski definition) is 3. The van der Waals surface area contributed by atoms with Gasteiger partial charge in [0.15, 0.2) is 0 Å². The van der Waals surface area contributed by atoms with E-state index in [4.69, 9.17) is 0 Å². The number of nitrogens with zero attached hydrogens (tertiary/aromatic N) is 3. The minimum atomic E-state index is -0.302. The lowest BCUT2D eigenvalue weighted by molar-refractivity contribution is 0.334. The standard InChI is InChI=1S/C16H21N3/c1-15(2)12-19(13-7-6-10-18-14(13)15)16(11-17)8-4-3-5-9-16/h6-7,10H,3-5,8-9,12H2,1-2H3. The number of hydrogen-bond donors (Lipinski definition) is 0. The number of pyridine rings is 1. The molecule has 0 unspecified atom stereocenters. The Bertz CT molecular complexity index is 521. The molecule has 0 bridgehead atoms. The van der Waals surface area contributed by atoms with Gasteiger partial charge >= 0.3 is 0 Å². The molecule has 1 fully saturated rings. The molecule has 0 saturated heterocycles. The van der Waals surface area contributed by atoms with Gasteiger partial charge in [0.05, 0.1) is 17.5 Å². The fourth-order valence-electron chi connectivity index (χ4n) is 3.65. The Hall–Kier alpha value is -1.56. The summed E-state index contributed by atoms with van der Waals surface area (Å²) in [5, 5.41) is 9.79. The average molecular weight is 255 g/mol. The molecule has 1 aromatic heterocycles. The summed E-state index contributed by atoms with van der Waals surface area (Å²) < 4.78 is 0. The zero-order valence-electron chi connectivity index (χ0n) is 11.8. The molecule has 0 aromatic carbocycles. The molecule has 1 aliphatic carbocycles. The average Bonchev–Trinajstić information content (AvgIpc) is 2.73. The highest BCUT2D eigenvalue weighted by molar-refractivity contribution is 5.62. The molecule has 3 heteroatoms. The van der Waals surface area contributed by atoms with Gasteiger partial charge in [-0.05, 0) is 25.0 Å². The SMILES string of the molecule is CC1(C)CN(C2(C#N)CCCCC2)c2cccnc21. The minimum Gasteiger partial charge on any atom is -0.351 e. The van der Waals surface area contributed by atoms with E-state index in [1.807, 2.05) is 12.3 Å². The van der Waals surface area contributed by atoms with Gasteiger partial charge in [-0.1, -0.05) is 33.1 Å². The molecule has 0 atom stereocenters. The number of aromatic nitrogens is 1. The summed E-state index contributed by atoms with van der Waals surface area (Å²) in [4.78, 5) is 6.91. The van der Waals surface area contributed by atoms with Crippen LogP contribution in [0.2, 0.25) is 0 Å². The summed E-state index contributed by atoms with van der Waals surface area (Å²) in [6.45, 7) is 5.37. The van der Waals surface area contributed by atoms with E-state index in [-0.39, 0.29) is 11.0 Å². The summed E-state index contributed by atoms with van der Waals surface area (Å²) in [5.74, 6) is 0. The first-order chi connectivity index (χ1) is 9.09. The van der Waals surface area contributed by atoms with Crippen molar-refractivity contribution >= 4 is 5.69 Å². The number of fused-ring (bicyclic) bond motifs is 1. The first kappa shape index (κ1) is 12.5. The summed E-state index contributed by atoms with van der Waals surface area (Å²) in [5.41, 5.74) is 2.06. The predicted octanol–water partition coefficient (Wildman–Crippen LogP) is 3.41. The fraction of sp³-hybridized carbons (Fsp3) is 0.625. The minimum absolute atomic E-state index is 0.0396. The molecular weight excluding hydrogens is 234 g/mol. The summed E-state index contributed by atoms with van der Waals surface area (Å²) in [7, 11) is 0. The lowest BCUT2D eigenvalue weighted by Crippen LogP contribution is -2.50. The quantitative estimate of drug-likeness (QED) is 0.772. The maximum atomic E-state index is 9.79. The molecule has 2 heterocycles. The molecule has 1 saturated carbocycles. The van der Waals surface area contributed by atoms with Crippen LogP contribution in [0.4, 0.5) is 5.69 Å². The summed E-state index contributed by atoms with van der Waals surface area (Å²) >= 11 is 0. The largest absolute Gasteiger partial charge is 0.351 e. The van der Waals surface area contributed by atoms with Crippen molar-refractivity contribution in [2.45, 2.75) is 56.9 Å². The summed E-state index contributed by atoms with van der Waals surface area (Å²) in [6.07, 6.45) is 7.45. The van der Waals surface area contributed by atoms with Crippen molar-refractivity contribution in [1.29, 1.82) is 5.26 Å². The second kappa shape index (κ2) is 4.23. The molecule has 1 aliphatic heterocycles. The van der Waals surface area contributed by atoms with Crippen LogP contribution in [0.15, 0.2) is 18.3 Å². The Morgan fingerprint density at radius 3 is 2.68 bits per heavy atom. The maximum Gasteiger partial charge on any atom is 0.127 e. The first-order valence-corrected chi connectivity index (χ1v) is 7.23. The van der Waals surface area contributed by atoms with Crippen molar-refractivity contribution < 1.29 is 0 Å². The Labute approximate surface area is 115 Å². The molecular formula is C16H21N3. The lowest BCUT2D eigenvalue weighted by atomic mass is 9.81. The smallest absolute Gasteiger partial charge is 0.127 e. The fourth-order valence-corrected chi connectivity index (χ4v) is 3.65. The third kappa shape index (κ3) is 1.82. The van der Waals surface area contributed by atoms with E-state index in [9.17, 15) is 5.26 Å². The number of nitriles is 1. The Morgan fingerprint density at radius 2 is 2.00 bits per heavy atom. The van der Waals surface area contributed by atoms with Crippen LogP contribution in [-0.4, -0.2) is 17.1 Å². The van der Waals surface area contributed by atoms with Crippen molar-refractivity contribution in [2.75, 3.05) is 11.4 Å². The Kier molecular flexibility index (Phi) is 2.78. The van der Waals surface area contributed by atoms with Crippen LogP contribution in [0, 0.1) is 11.3 Å². The molecule has 1 aromatic rings. The van der Waals surface area contributed by atoms with Crippen LogP contribution < -0.4 is 4.90 Å². The van der Waals surface area contributed by atoms with Crippen molar-refractivity contribution in [2.24, 2.45) is 0 Å². The molecule has 100 valence electrons. The molecule has 0 amide bonds. The number of rotatable bonds is 1. The second-order valence-electron chi connectivity index (χ2n) is 6.55. The first-order valence-electron chi connectivity index (χ1n) is 7.23. The lowest BCUT2D eigenvalue weighted by Gasteiger charge is -2.41. The van der Waals surface area contributed by atoms with Crippen molar-refractivity contribution in [3.8, 4) is 6.07 Å². The van der Waals surface area contributed by atoms with E-state index in [2.05, 4.69) is 35.9 Å². The highest BCUT2D eigenvalue weighted by atomic mass is 15.2. The molecule has 3 nitrogen and oxygen atoms in total. The second-order valence-corrected chi connectivity index (χ2v) is 6.55. The molecule has 19 heavy (non-hydrogen) atoms. The zero-order valence-corrected chi connectivity index (χ0v) is 11.8. The summed E-state index contributed by atoms with van der Waals surface area (Å²) in [6, 6.07) is 6.75. The van der Waals surface area contributed by atoms with Gasteiger partial charge in [0.1, 0.15) is 5.54 Å². The zero-order chi connectivity index (χ0) is 13.5. The molecule has 3 rings (SSSR count). The highest BCUT2D eigenvalue weighted by Crippen LogP contribution is 2.46. The third-order valence-electron chi connectivity index (χ3n) is 4.68. The van der Waals surface area contributed by atoms with Gasteiger partial charge in [0, 0.05) is 18.2 Å². The van der Waals surface area contributed by atoms with Crippen molar-refractivity contribution in [3.63, 3.8) is 0 Å². The van der Waals surface area contributed by atoms with E-state index in [0.29, 0.717) is 0 Å². The Balaban J connectivity index is 2.05. The van der Waals surface area contributed by atoms with Gasteiger partial charge in [-0.25, -0.2) is 0 Å². The van der Waals surface area contributed by atoms with E-state index in [1.165, 1.54) is 24.9 Å². The van der Waals surface area contributed by atoms with Crippen molar-refractivity contribution in [1.82, 2.24) is 4.98 Å². The van der Waals surface area contributed by atoms with Gasteiger partial charge in [0.2, 0.25) is 0 Å². The molecule has 0 N–H and O–H groups in total. The van der Waals surface area contributed by atoms with Gasteiger partial charge in [0.25, 0.3) is 0 Å². The predicted molar refractivity (Wildman–Crippen MR) is 76.0 cm³/mol. The topological polar surface area (TPSA) is 39.9 Å². The van der Waals surface area contributed by atoms with Crippen LogP contribution in [0.3, 0.4) is 0 Å². The maximum absolute atomic E-state index is 9.79. The molecule has 0 spiro atoms. The molecule has 0 radical (unpaired) electrons. The monoisotopic (exact) mass is 255 g/mol. The van der Waals surface area contributed by atoms with Crippen LogP contribution in [-0.2, 0) is 5.41 Å². The third-order valence-corrected chi connectivity index (χ3v) is 4.68. The van der Waals surface area contributed by atoms with Gasteiger partial charge in [-0.15, -0.1) is 0 Å². The van der Waals surface area contributed by atoms with Gasteiger partial charge in [-0.3, -0.25) is 4.98 Å². The number of anilines is 1. The van der Waals surface area contributed by atoms with Crippen molar-refractivity contribution in [3.05, 3.63) is 24.0 Å². The van der Waals surface area contributed by atoms with Crippen LogP contribution in [0.5, 0.6) is 0 Å². The van der Waals surface area contributed by atoms with Crippen LogP contribution >= 0.6 is 0 Å². The molecule has 2 aliphatic rings. The van der Waals surface area contributed by atoms with E-state index in [0.717, 1.165) is 25.1 Å². The van der Waals surface area contributed by atoms with Crippen LogP contribution in [0.25, 0.3) is 0 Å². The highest BCUT2D eigenvalue weighted by Gasteiger charge is 2.47. The van der Waals surface area contributed by atoms with E-state index >= 15 is 0 Å². The van der Waals surface area contributed by atoms with E-state index in [1.54, 1.807) is 0 Å². The van der Waals surface area contributed by atoms with Gasteiger partial charge in [-0.2, -0.15) is 5.26 Å². The van der Waals surface area contributed by atoms with Crippen LogP contribution in [0.1, 0.15) is 51.6 Å². The van der Waals surface area contributed by atoms with E-state index < -0.39 is 0 Å².